The standard InChI is InChI=1S/C16H23NO2.C16H22O.BrH.ClH/c1-2-7-17-8-3-4-12-9-13-11(10-14(12)17)5-6-15(18)16(13)19;1-11-7-8-14-9-12-5-3-4-6-13(12)10-15(14)16(11)17-2;;/h5-6,12,14,18-19H,2-4,7-10H2,1H3;7-8,12-13H,3-6,9-10H2,1-2H3;2*1H/t12-,14-;12-,13-;;/m00../s1. The Bertz CT molecular complexity index is 1080. The van der Waals surface area contributed by atoms with Crippen LogP contribution in [0.2, 0.25) is 0 Å². The first kappa shape index (κ1) is 31.1. The zero-order valence-electron chi connectivity index (χ0n) is 23.4. The van der Waals surface area contributed by atoms with E-state index in [4.69, 9.17) is 4.74 Å². The molecule has 1 saturated heterocycles. The molecule has 2 N–H and O–H groups in total. The quantitative estimate of drug-likeness (QED) is 0.353. The molecule has 0 amide bonds. The van der Waals surface area contributed by atoms with Crippen molar-refractivity contribution in [1.82, 2.24) is 4.90 Å². The number of piperidine rings is 1. The number of hydrogen-bond acceptors (Lipinski definition) is 4. The molecule has 0 radical (unpaired) electrons. The van der Waals surface area contributed by atoms with Gasteiger partial charge in [0.1, 0.15) is 5.75 Å². The van der Waals surface area contributed by atoms with Gasteiger partial charge in [0.25, 0.3) is 0 Å². The van der Waals surface area contributed by atoms with Gasteiger partial charge >= 0.3 is 0 Å². The maximum atomic E-state index is 10.0. The average molecular weight is 609 g/mol. The van der Waals surface area contributed by atoms with Crippen LogP contribution in [0.4, 0.5) is 0 Å². The number of likely N-dealkylation sites (tertiary alicyclic amines) is 1. The number of aryl methyl sites for hydroxylation is 1. The summed E-state index contributed by atoms with van der Waals surface area (Å²) in [7, 11) is 1.82. The number of phenolic OH excluding ortho intramolecular Hbond substituents is 2. The van der Waals surface area contributed by atoms with Crippen molar-refractivity contribution in [1.29, 1.82) is 0 Å². The molecule has 3 aliphatic carbocycles. The molecular weight excluding hydrogens is 562 g/mol. The zero-order valence-corrected chi connectivity index (χ0v) is 25.9. The molecule has 6 heteroatoms. The SMILES string of the molecule is Br.CCCN1CCC[C@H]2Cc3c(ccc(O)c3O)C[C@@H]21.COc1c(C)ccc2c1C[C@@H]1CCCC[C@H]1C2.Cl. The number of benzene rings is 2. The highest BCUT2D eigenvalue weighted by Gasteiger charge is 2.36. The first-order valence-electron chi connectivity index (χ1n) is 14.4. The van der Waals surface area contributed by atoms with Crippen molar-refractivity contribution in [3.8, 4) is 17.2 Å². The van der Waals surface area contributed by atoms with Crippen molar-refractivity contribution in [3.05, 3.63) is 52.1 Å². The van der Waals surface area contributed by atoms with Gasteiger partial charge in [0.05, 0.1) is 7.11 Å². The normalized spacial score (nSPS) is 25.6. The number of halogens is 2. The second-order valence-electron chi connectivity index (χ2n) is 11.8. The van der Waals surface area contributed by atoms with E-state index in [0.29, 0.717) is 12.0 Å². The number of phenols is 2. The lowest BCUT2D eigenvalue weighted by atomic mass is 9.68. The number of ether oxygens (including phenoxy) is 1. The molecule has 4 nitrogen and oxygen atoms in total. The molecular formula is C32H47BrClNO3. The number of fused-ring (bicyclic) bond motifs is 4. The van der Waals surface area contributed by atoms with Crippen molar-refractivity contribution in [2.45, 2.75) is 90.5 Å². The minimum absolute atomic E-state index is 0. The molecule has 0 unspecified atom stereocenters. The van der Waals surface area contributed by atoms with Crippen LogP contribution in [-0.4, -0.2) is 41.4 Å². The molecule has 1 heterocycles. The van der Waals surface area contributed by atoms with Crippen molar-refractivity contribution in [3.63, 3.8) is 0 Å². The molecule has 1 saturated carbocycles. The number of rotatable bonds is 3. The summed E-state index contributed by atoms with van der Waals surface area (Å²) >= 11 is 0. The van der Waals surface area contributed by atoms with Crippen LogP contribution < -0.4 is 4.74 Å². The lowest BCUT2D eigenvalue weighted by Crippen LogP contribution is -2.49. The van der Waals surface area contributed by atoms with E-state index in [-0.39, 0.29) is 40.9 Å². The molecule has 2 fully saturated rings. The van der Waals surface area contributed by atoms with E-state index in [1.165, 1.54) is 87.6 Å². The summed E-state index contributed by atoms with van der Waals surface area (Å²) in [5.74, 6) is 3.81. The van der Waals surface area contributed by atoms with Gasteiger partial charge in [-0.15, -0.1) is 29.4 Å². The van der Waals surface area contributed by atoms with Crippen LogP contribution in [0.25, 0.3) is 0 Å². The van der Waals surface area contributed by atoms with E-state index in [1.54, 1.807) is 11.6 Å². The van der Waals surface area contributed by atoms with E-state index in [0.717, 1.165) is 36.0 Å². The summed E-state index contributed by atoms with van der Waals surface area (Å²) in [5.41, 5.74) is 6.56. The van der Waals surface area contributed by atoms with Gasteiger partial charge in [0.2, 0.25) is 0 Å². The van der Waals surface area contributed by atoms with Crippen LogP contribution in [0, 0.1) is 24.7 Å². The topological polar surface area (TPSA) is 52.9 Å². The highest BCUT2D eigenvalue weighted by molar-refractivity contribution is 8.93. The highest BCUT2D eigenvalue weighted by atomic mass is 79.9. The largest absolute Gasteiger partial charge is 0.504 e. The summed E-state index contributed by atoms with van der Waals surface area (Å²) < 4.78 is 5.62. The van der Waals surface area contributed by atoms with E-state index in [2.05, 4.69) is 30.9 Å². The third kappa shape index (κ3) is 6.31. The monoisotopic (exact) mass is 607 g/mol. The van der Waals surface area contributed by atoms with Crippen LogP contribution in [0.5, 0.6) is 17.2 Å². The fourth-order valence-electron chi connectivity index (χ4n) is 7.74. The number of aromatic hydroxyl groups is 2. The molecule has 0 spiro atoms. The van der Waals surface area contributed by atoms with Gasteiger partial charge in [-0.2, -0.15) is 0 Å². The minimum atomic E-state index is 0. The van der Waals surface area contributed by atoms with Gasteiger partial charge < -0.3 is 14.9 Å². The van der Waals surface area contributed by atoms with E-state index in [9.17, 15) is 10.2 Å². The van der Waals surface area contributed by atoms with Gasteiger partial charge in [-0.3, -0.25) is 4.90 Å². The van der Waals surface area contributed by atoms with E-state index in [1.807, 2.05) is 13.2 Å². The van der Waals surface area contributed by atoms with Gasteiger partial charge in [-0.05, 0) is 124 Å². The van der Waals surface area contributed by atoms with E-state index < -0.39 is 0 Å². The Hall–Kier alpha value is -1.43. The Balaban J connectivity index is 0.000000201. The van der Waals surface area contributed by atoms with E-state index >= 15 is 0 Å². The summed E-state index contributed by atoms with van der Waals surface area (Å²) in [5, 5.41) is 19.7. The summed E-state index contributed by atoms with van der Waals surface area (Å²) in [4.78, 5) is 2.63. The molecule has 6 rings (SSSR count). The van der Waals surface area contributed by atoms with Crippen LogP contribution in [0.1, 0.15) is 79.7 Å². The lowest BCUT2D eigenvalue weighted by molar-refractivity contribution is 0.0848. The Morgan fingerprint density at radius 1 is 0.842 bits per heavy atom. The van der Waals surface area contributed by atoms with Crippen LogP contribution >= 0.6 is 29.4 Å². The molecule has 0 aromatic heterocycles. The second kappa shape index (κ2) is 13.8. The predicted molar refractivity (Wildman–Crippen MR) is 164 cm³/mol. The van der Waals surface area contributed by atoms with Gasteiger partial charge in [-0.25, -0.2) is 0 Å². The van der Waals surface area contributed by atoms with Crippen LogP contribution in [0.3, 0.4) is 0 Å². The van der Waals surface area contributed by atoms with Gasteiger partial charge in [0.15, 0.2) is 11.5 Å². The molecule has 212 valence electrons. The average Bonchev–Trinajstić information content (AvgIpc) is 2.90. The van der Waals surface area contributed by atoms with Crippen molar-refractivity contribution in [2.75, 3.05) is 20.2 Å². The Morgan fingerprint density at radius 2 is 1.47 bits per heavy atom. The van der Waals surface area contributed by atoms with Gasteiger partial charge in [-0.1, -0.05) is 38.0 Å². The van der Waals surface area contributed by atoms with Crippen molar-refractivity contribution >= 4 is 29.4 Å². The lowest BCUT2D eigenvalue weighted by Gasteiger charge is -2.44. The molecule has 4 aliphatic rings. The molecule has 2 aromatic rings. The number of methoxy groups -OCH3 is 1. The molecule has 0 bridgehead atoms. The summed E-state index contributed by atoms with van der Waals surface area (Å²) in [6.07, 6.45) is 14.0. The molecule has 2 aromatic carbocycles. The second-order valence-corrected chi connectivity index (χ2v) is 11.8. The molecule has 38 heavy (non-hydrogen) atoms. The minimum Gasteiger partial charge on any atom is -0.504 e. The summed E-state index contributed by atoms with van der Waals surface area (Å²) in [6.45, 7) is 6.80. The first-order valence-corrected chi connectivity index (χ1v) is 14.4. The highest BCUT2D eigenvalue weighted by Crippen LogP contribution is 2.43. The third-order valence-corrected chi connectivity index (χ3v) is 9.57. The number of hydrogen-bond donors (Lipinski definition) is 2. The van der Waals surface area contributed by atoms with Crippen molar-refractivity contribution in [2.24, 2.45) is 17.8 Å². The van der Waals surface area contributed by atoms with Crippen LogP contribution in [-0.2, 0) is 25.7 Å². The van der Waals surface area contributed by atoms with Gasteiger partial charge in [0, 0.05) is 11.6 Å². The fraction of sp³-hybridized carbons (Fsp3) is 0.625. The molecule has 1 aliphatic heterocycles. The third-order valence-electron chi connectivity index (χ3n) is 9.57. The Labute approximate surface area is 246 Å². The van der Waals surface area contributed by atoms with Crippen LogP contribution in [0.15, 0.2) is 24.3 Å². The zero-order chi connectivity index (χ0) is 25.2. The maximum absolute atomic E-state index is 10.0. The maximum Gasteiger partial charge on any atom is 0.160 e. The predicted octanol–water partition coefficient (Wildman–Crippen LogP) is 7.60. The number of nitrogens with zero attached hydrogens (tertiary/aromatic N) is 1. The molecule has 4 atom stereocenters. The Kier molecular flexibility index (Phi) is 11.3. The fourth-order valence-corrected chi connectivity index (χ4v) is 7.74. The smallest absolute Gasteiger partial charge is 0.160 e. The van der Waals surface area contributed by atoms with Crippen molar-refractivity contribution < 1.29 is 14.9 Å². The first-order chi connectivity index (χ1) is 17.5. The Morgan fingerprint density at radius 3 is 2.18 bits per heavy atom. The summed E-state index contributed by atoms with van der Waals surface area (Å²) in [6, 6.07) is 8.80.